The van der Waals surface area contributed by atoms with E-state index >= 15 is 0 Å². The second-order valence-electron chi connectivity index (χ2n) is 7.06. The molecule has 0 saturated heterocycles. The molecule has 0 radical (unpaired) electrons. The number of thiophene rings is 1. The fourth-order valence-electron chi connectivity index (χ4n) is 2.95. The molecule has 0 atom stereocenters. The summed E-state index contributed by atoms with van der Waals surface area (Å²) < 4.78 is 14.4. The molecule has 9 heteroatoms. The standard InChI is InChI=1S/C24H20FN5O2S/c25-19-8-6-18(7-9-19)21-12-10-20(33-21)11-13-22(31)28-24-27-16-30(29-24)15-23(32)26-14-17-4-2-1-3-5-17/h1-13,16H,14-15H2,(H,26,32)(H,28,29,31)/b13-11+. The Bertz CT molecular complexity index is 1270. The Kier molecular flexibility index (Phi) is 7.01. The van der Waals surface area contributed by atoms with Crippen LogP contribution < -0.4 is 10.6 Å². The van der Waals surface area contributed by atoms with Crippen LogP contribution in [0, 0.1) is 5.82 Å². The third-order valence-electron chi connectivity index (χ3n) is 4.56. The number of nitrogens with one attached hydrogen (secondary N) is 2. The van der Waals surface area contributed by atoms with Gasteiger partial charge < -0.3 is 5.32 Å². The van der Waals surface area contributed by atoms with Gasteiger partial charge in [0.15, 0.2) is 0 Å². The lowest BCUT2D eigenvalue weighted by Crippen LogP contribution is -2.27. The fraction of sp³-hybridized carbons (Fsp3) is 0.0833. The summed E-state index contributed by atoms with van der Waals surface area (Å²) in [4.78, 5) is 30.1. The van der Waals surface area contributed by atoms with Crippen molar-refractivity contribution in [1.82, 2.24) is 20.1 Å². The molecule has 0 aliphatic rings. The Morgan fingerprint density at radius 2 is 1.82 bits per heavy atom. The maximum Gasteiger partial charge on any atom is 0.250 e. The highest BCUT2D eigenvalue weighted by atomic mass is 32.1. The van der Waals surface area contributed by atoms with E-state index in [4.69, 9.17) is 0 Å². The van der Waals surface area contributed by atoms with Crippen molar-refractivity contribution in [2.45, 2.75) is 13.1 Å². The number of nitrogens with zero attached hydrogens (tertiary/aromatic N) is 3. The van der Waals surface area contributed by atoms with E-state index in [1.54, 1.807) is 18.2 Å². The molecular weight excluding hydrogens is 441 g/mol. The highest BCUT2D eigenvalue weighted by Crippen LogP contribution is 2.28. The van der Waals surface area contributed by atoms with Crippen molar-refractivity contribution in [3.05, 3.63) is 95.4 Å². The lowest BCUT2D eigenvalue weighted by Gasteiger charge is -2.04. The number of aromatic nitrogens is 3. The summed E-state index contributed by atoms with van der Waals surface area (Å²) in [6.07, 6.45) is 4.45. The summed E-state index contributed by atoms with van der Waals surface area (Å²) in [5.41, 5.74) is 1.91. The zero-order valence-electron chi connectivity index (χ0n) is 17.4. The van der Waals surface area contributed by atoms with Gasteiger partial charge in [0.2, 0.25) is 11.9 Å². The highest BCUT2D eigenvalue weighted by Gasteiger charge is 2.08. The molecule has 2 amide bonds. The average Bonchev–Trinajstić information content (AvgIpc) is 3.47. The van der Waals surface area contributed by atoms with Gasteiger partial charge in [0, 0.05) is 22.4 Å². The Hall–Kier alpha value is -4.11. The Labute approximate surface area is 193 Å². The lowest BCUT2D eigenvalue weighted by molar-refractivity contribution is -0.122. The smallest absolute Gasteiger partial charge is 0.250 e. The molecule has 0 fully saturated rings. The SMILES string of the molecule is O=C(/C=C/c1ccc(-c2ccc(F)cc2)s1)Nc1ncn(CC(=O)NCc2ccccc2)n1. The summed E-state index contributed by atoms with van der Waals surface area (Å²) in [6.45, 7) is 0.418. The molecule has 33 heavy (non-hydrogen) atoms. The summed E-state index contributed by atoms with van der Waals surface area (Å²) in [6, 6.07) is 19.6. The van der Waals surface area contributed by atoms with Gasteiger partial charge in [0.1, 0.15) is 18.7 Å². The number of hydrogen-bond donors (Lipinski definition) is 2. The zero-order valence-corrected chi connectivity index (χ0v) is 18.3. The molecule has 0 unspecified atom stereocenters. The van der Waals surface area contributed by atoms with Gasteiger partial charge in [-0.25, -0.2) is 14.1 Å². The molecule has 0 bridgehead atoms. The van der Waals surface area contributed by atoms with E-state index in [1.165, 1.54) is 40.6 Å². The van der Waals surface area contributed by atoms with Crippen LogP contribution >= 0.6 is 11.3 Å². The Morgan fingerprint density at radius 3 is 2.61 bits per heavy atom. The van der Waals surface area contributed by atoms with Crippen LogP contribution in [-0.2, 0) is 22.7 Å². The predicted molar refractivity (Wildman–Crippen MR) is 126 cm³/mol. The molecule has 166 valence electrons. The molecular formula is C24H20FN5O2S. The maximum absolute atomic E-state index is 13.1. The van der Waals surface area contributed by atoms with Gasteiger partial charge >= 0.3 is 0 Å². The van der Waals surface area contributed by atoms with Crippen LogP contribution in [0.2, 0.25) is 0 Å². The fourth-order valence-corrected chi connectivity index (χ4v) is 3.87. The molecule has 2 aromatic carbocycles. The van der Waals surface area contributed by atoms with Crippen LogP contribution in [0.4, 0.5) is 10.3 Å². The normalized spacial score (nSPS) is 10.9. The van der Waals surface area contributed by atoms with E-state index in [9.17, 15) is 14.0 Å². The van der Waals surface area contributed by atoms with E-state index in [0.29, 0.717) is 6.54 Å². The van der Waals surface area contributed by atoms with Crippen LogP contribution in [0.15, 0.2) is 79.1 Å². The molecule has 0 spiro atoms. The lowest BCUT2D eigenvalue weighted by atomic mass is 10.2. The summed E-state index contributed by atoms with van der Waals surface area (Å²) in [5, 5.41) is 9.48. The molecule has 4 aromatic rings. The molecule has 2 N–H and O–H groups in total. The molecule has 0 aliphatic heterocycles. The number of benzene rings is 2. The summed E-state index contributed by atoms with van der Waals surface area (Å²) in [7, 11) is 0. The molecule has 4 rings (SSSR count). The number of rotatable bonds is 8. The van der Waals surface area contributed by atoms with E-state index < -0.39 is 5.91 Å². The van der Waals surface area contributed by atoms with Gasteiger partial charge in [0.25, 0.3) is 5.91 Å². The number of carbonyl (C=O) groups is 2. The van der Waals surface area contributed by atoms with Crippen molar-refractivity contribution in [3.8, 4) is 10.4 Å². The van der Waals surface area contributed by atoms with Gasteiger partial charge in [0.05, 0.1) is 0 Å². The summed E-state index contributed by atoms with van der Waals surface area (Å²) in [5.74, 6) is -0.774. The number of carbonyl (C=O) groups excluding carboxylic acids is 2. The van der Waals surface area contributed by atoms with Crippen LogP contribution in [0.25, 0.3) is 16.5 Å². The molecule has 7 nitrogen and oxygen atoms in total. The van der Waals surface area contributed by atoms with Crippen molar-refractivity contribution in [3.63, 3.8) is 0 Å². The van der Waals surface area contributed by atoms with Crippen LogP contribution in [0.3, 0.4) is 0 Å². The minimum absolute atomic E-state index is 0.00704. The Morgan fingerprint density at radius 1 is 1.03 bits per heavy atom. The molecule has 0 aliphatic carbocycles. The summed E-state index contributed by atoms with van der Waals surface area (Å²) >= 11 is 1.48. The van der Waals surface area contributed by atoms with Crippen molar-refractivity contribution in [1.29, 1.82) is 0 Å². The maximum atomic E-state index is 13.1. The second-order valence-corrected chi connectivity index (χ2v) is 8.17. The van der Waals surface area contributed by atoms with Gasteiger partial charge in [-0.1, -0.05) is 42.5 Å². The predicted octanol–water partition coefficient (Wildman–Crippen LogP) is 4.11. The number of halogens is 1. The van der Waals surface area contributed by atoms with Gasteiger partial charge in [-0.2, -0.15) is 0 Å². The van der Waals surface area contributed by atoms with Gasteiger partial charge in [-0.05, 0) is 41.5 Å². The third kappa shape index (κ3) is 6.44. The van der Waals surface area contributed by atoms with E-state index in [-0.39, 0.29) is 24.2 Å². The van der Waals surface area contributed by atoms with Crippen LogP contribution in [0.5, 0.6) is 0 Å². The molecule has 2 aromatic heterocycles. The highest BCUT2D eigenvalue weighted by molar-refractivity contribution is 7.16. The second kappa shape index (κ2) is 10.5. The van der Waals surface area contributed by atoms with E-state index in [2.05, 4.69) is 20.7 Å². The first kappa shape index (κ1) is 22.1. The minimum Gasteiger partial charge on any atom is -0.350 e. The quantitative estimate of drug-likeness (QED) is 0.387. The van der Waals surface area contributed by atoms with Crippen LogP contribution in [0.1, 0.15) is 10.4 Å². The van der Waals surface area contributed by atoms with Crippen LogP contribution in [-0.4, -0.2) is 26.6 Å². The largest absolute Gasteiger partial charge is 0.350 e. The number of amides is 2. The van der Waals surface area contributed by atoms with Gasteiger partial charge in [-0.3, -0.25) is 14.9 Å². The van der Waals surface area contributed by atoms with E-state index in [0.717, 1.165) is 20.9 Å². The zero-order chi connectivity index (χ0) is 23.0. The first-order chi connectivity index (χ1) is 16.0. The average molecular weight is 462 g/mol. The van der Waals surface area contributed by atoms with E-state index in [1.807, 2.05) is 42.5 Å². The Balaban J connectivity index is 1.26. The topological polar surface area (TPSA) is 88.9 Å². The monoisotopic (exact) mass is 461 g/mol. The van der Waals surface area contributed by atoms with Crippen molar-refractivity contribution in [2.24, 2.45) is 0 Å². The first-order valence-corrected chi connectivity index (χ1v) is 10.9. The number of hydrogen-bond acceptors (Lipinski definition) is 5. The van der Waals surface area contributed by atoms with Gasteiger partial charge in [-0.15, -0.1) is 16.4 Å². The van der Waals surface area contributed by atoms with Crippen molar-refractivity contribution >= 4 is 35.2 Å². The van der Waals surface area contributed by atoms with Crippen molar-refractivity contribution < 1.29 is 14.0 Å². The van der Waals surface area contributed by atoms with Crippen molar-refractivity contribution in [2.75, 3.05) is 5.32 Å². The number of anilines is 1. The minimum atomic E-state index is -0.391. The third-order valence-corrected chi connectivity index (χ3v) is 5.66. The first-order valence-electron chi connectivity index (χ1n) is 10.1. The molecule has 2 heterocycles. The molecule has 0 saturated carbocycles.